The highest BCUT2D eigenvalue weighted by atomic mass is 15.2. The Balaban J connectivity index is 1.67. The molecule has 25 heavy (non-hydrogen) atoms. The van der Waals surface area contributed by atoms with Gasteiger partial charge in [0.2, 0.25) is 0 Å². The highest BCUT2D eigenvalue weighted by Gasteiger charge is 2.08. The number of rotatable bonds is 2. The molecular weight excluding hydrogens is 306 g/mol. The molecule has 0 saturated heterocycles. The molecule has 0 atom stereocenters. The summed E-state index contributed by atoms with van der Waals surface area (Å²) < 4.78 is 2.01. The zero-order valence-corrected chi connectivity index (χ0v) is 13.5. The van der Waals surface area contributed by atoms with E-state index in [0.29, 0.717) is 0 Å². The summed E-state index contributed by atoms with van der Waals surface area (Å²) in [5.41, 5.74) is 6.34. The maximum absolute atomic E-state index is 4.84. The molecule has 2 aromatic carbocycles. The van der Waals surface area contributed by atoms with Crippen molar-refractivity contribution in [1.29, 1.82) is 0 Å². The summed E-state index contributed by atoms with van der Waals surface area (Å²) in [6.07, 6.45) is 1.82. The summed E-state index contributed by atoms with van der Waals surface area (Å²) in [4.78, 5) is 4.44. The summed E-state index contributed by atoms with van der Waals surface area (Å²) in [7, 11) is 0. The van der Waals surface area contributed by atoms with Gasteiger partial charge in [0, 0.05) is 22.7 Å². The Morgan fingerprint density at radius 1 is 0.640 bits per heavy atom. The number of hydrogen-bond donors (Lipinski definition) is 0. The minimum Gasteiger partial charge on any atom is -0.256 e. The molecule has 5 rings (SSSR count). The molecule has 0 radical (unpaired) electrons. The van der Waals surface area contributed by atoms with Crippen LogP contribution in [0.15, 0.2) is 91.1 Å². The van der Waals surface area contributed by atoms with E-state index in [-0.39, 0.29) is 0 Å². The van der Waals surface area contributed by atoms with E-state index in [1.165, 1.54) is 5.39 Å². The maximum atomic E-state index is 4.84. The van der Waals surface area contributed by atoms with Crippen molar-refractivity contribution >= 4 is 16.4 Å². The third kappa shape index (κ3) is 2.37. The molecule has 3 heteroatoms. The summed E-state index contributed by atoms with van der Waals surface area (Å²) in [5, 5.41) is 6.03. The van der Waals surface area contributed by atoms with Gasteiger partial charge in [-0.2, -0.15) is 5.10 Å². The fraction of sp³-hybridized carbons (Fsp3) is 0. The first-order valence-electron chi connectivity index (χ1n) is 8.28. The fourth-order valence-corrected chi connectivity index (χ4v) is 3.22. The van der Waals surface area contributed by atoms with E-state index < -0.39 is 0 Å². The van der Waals surface area contributed by atoms with E-state index in [1.807, 2.05) is 35.0 Å². The van der Waals surface area contributed by atoms with Crippen LogP contribution in [0.2, 0.25) is 0 Å². The lowest BCUT2D eigenvalue weighted by Gasteiger charge is -2.03. The lowest BCUT2D eigenvalue weighted by molar-refractivity contribution is 1.01. The maximum Gasteiger partial charge on any atom is 0.0934 e. The molecule has 3 aromatic heterocycles. The summed E-state index contributed by atoms with van der Waals surface area (Å²) in [5.74, 6) is 0. The summed E-state index contributed by atoms with van der Waals surface area (Å²) in [6, 6.07) is 29.0. The predicted molar refractivity (Wildman–Crippen MR) is 101 cm³/mol. The lowest BCUT2D eigenvalue weighted by atomic mass is 10.1. The van der Waals surface area contributed by atoms with Gasteiger partial charge in [0.1, 0.15) is 0 Å². The van der Waals surface area contributed by atoms with E-state index in [9.17, 15) is 0 Å². The predicted octanol–water partition coefficient (Wildman–Crippen LogP) is 5.22. The van der Waals surface area contributed by atoms with Crippen molar-refractivity contribution in [2.45, 2.75) is 0 Å². The Hall–Kier alpha value is -3.46. The third-order valence-corrected chi connectivity index (χ3v) is 4.45. The molecular formula is C22H15N3. The second-order valence-electron chi connectivity index (χ2n) is 6.05. The molecule has 0 bridgehead atoms. The highest BCUT2D eigenvalue weighted by molar-refractivity contribution is 5.83. The van der Waals surface area contributed by atoms with Crippen molar-refractivity contribution in [3.8, 4) is 22.5 Å². The van der Waals surface area contributed by atoms with Crippen LogP contribution < -0.4 is 0 Å². The zero-order valence-electron chi connectivity index (χ0n) is 13.5. The molecule has 0 aliphatic rings. The van der Waals surface area contributed by atoms with E-state index in [4.69, 9.17) is 5.10 Å². The number of benzene rings is 2. The SMILES string of the molecule is c1ccc(-c2cccc(-c3cc4ccc5ccccc5n4n3)c2)nc1. The number of nitrogens with zero attached hydrogens (tertiary/aromatic N) is 3. The number of fused-ring (bicyclic) bond motifs is 3. The van der Waals surface area contributed by atoms with E-state index in [2.05, 4.69) is 65.6 Å². The quantitative estimate of drug-likeness (QED) is 0.446. The van der Waals surface area contributed by atoms with E-state index in [0.717, 1.165) is 33.5 Å². The van der Waals surface area contributed by atoms with Gasteiger partial charge in [-0.3, -0.25) is 4.98 Å². The molecule has 3 nitrogen and oxygen atoms in total. The standard InChI is InChI=1S/C22H15N3/c1-2-10-22-16(6-1)11-12-19-15-21(24-25(19)22)18-8-5-7-17(14-18)20-9-3-4-13-23-20/h1-15H. The van der Waals surface area contributed by atoms with Gasteiger partial charge < -0.3 is 0 Å². The molecule has 0 unspecified atom stereocenters. The fourth-order valence-electron chi connectivity index (χ4n) is 3.22. The second kappa shape index (κ2) is 5.56. The Kier molecular flexibility index (Phi) is 3.10. The highest BCUT2D eigenvalue weighted by Crippen LogP contribution is 2.26. The van der Waals surface area contributed by atoms with Crippen molar-refractivity contribution in [3.63, 3.8) is 0 Å². The smallest absolute Gasteiger partial charge is 0.0934 e. The third-order valence-electron chi connectivity index (χ3n) is 4.45. The molecule has 0 fully saturated rings. The second-order valence-corrected chi connectivity index (χ2v) is 6.05. The van der Waals surface area contributed by atoms with Gasteiger partial charge in [0.05, 0.1) is 22.4 Å². The largest absolute Gasteiger partial charge is 0.256 e. The molecule has 5 aromatic rings. The topological polar surface area (TPSA) is 30.2 Å². The first kappa shape index (κ1) is 13.9. The van der Waals surface area contributed by atoms with Crippen molar-refractivity contribution < 1.29 is 0 Å². The monoisotopic (exact) mass is 321 g/mol. The Bertz CT molecular complexity index is 1190. The lowest BCUT2D eigenvalue weighted by Crippen LogP contribution is -1.90. The average Bonchev–Trinajstić information content (AvgIpc) is 3.14. The summed E-state index contributed by atoms with van der Waals surface area (Å²) >= 11 is 0. The minimum atomic E-state index is 0.967. The van der Waals surface area contributed by atoms with E-state index in [1.54, 1.807) is 0 Å². The van der Waals surface area contributed by atoms with Crippen molar-refractivity contribution in [3.05, 3.63) is 91.1 Å². The van der Waals surface area contributed by atoms with Crippen LogP contribution in [0.1, 0.15) is 0 Å². The first-order valence-corrected chi connectivity index (χ1v) is 8.28. The van der Waals surface area contributed by atoms with Gasteiger partial charge in [-0.15, -0.1) is 0 Å². The van der Waals surface area contributed by atoms with Gasteiger partial charge in [-0.05, 0) is 36.4 Å². The van der Waals surface area contributed by atoms with Gasteiger partial charge >= 0.3 is 0 Å². The van der Waals surface area contributed by atoms with Crippen LogP contribution in [0.5, 0.6) is 0 Å². The van der Waals surface area contributed by atoms with Gasteiger partial charge in [-0.25, -0.2) is 4.52 Å². The first-order chi connectivity index (χ1) is 12.4. The molecule has 0 saturated carbocycles. The van der Waals surface area contributed by atoms with E-state index >= 15 is 0 Å². The van der Waals surface area contributed by atoms with Crippen LogP contribution in [0.25, 0.3) is 38.9 Å². The molecule has 0 spiro atoms. The van der Waals surface area contributed by atoms with Crippen LogP contribution in [0.4, 0.5) is 0 Å². The number of pyridine rings is 2. The Morgan fingerprint density at radius 3 is 2.36 bits per heavy atom. The zero-order chi connectivity index (χ0) is 16.6. The number of para-hydroxylation sites is 1. The Morgan fingerprint density at radius 2 is 1.48 bits per heavy atom. The van der Waals surface area contributed by atoms with Crippen LogP contribution >= 0.6 is 0 Å². The number of hydrogen-bond acceptors (Lipinski definition) is 2. The van der Waals surface area contributed by atoms with Crippen molar-refractivity contribution in [1.82, 2.24) is 14.6 Å². The van der Waals surface area contributed by atoms with Gasteiger partial charge in [0.15, 0.2) is 0 Å². The Labute approximate surface area is 145 Å². The van der Waals surface area contributed by atoms with Crippen LogP contribution in [0.3, 0.4) is 0 Å². The average molecular weight is 321 g/mol. The normalized spacial score (nSPS) is 11.2. The molecule has 118 valence electrons. The molecule has 0 N–H and O–H groups in total. The molecule has 0 amide bonds. The van der Waals surface area contributed by atoms with Crippen LogP contribution in [-0.4, -0.2) is 14.6 Å². The molecule has 0 aliphatic carbocycles. The van der Waals surface area contributed by atoms with Crippen molar-refractivity contribution in [2.75, 3.05) is 0 Å². The van der Waals surface area contributed by atoms with Crippen LogP contribution in [-0.2, 0) is 0 Å². The summed E-state index contributed by atoms with van der Waals surface area (Å²) in [6.45, 7) is 0. The van der Waals surface area contributed by atoms with Gasteiger partial charge in [0.25, 0.3) is 0 Å². The molecule has 0 aliphatic heterocycles. The minimum absolute atomic E-state index is 0.967. The van der Waals surface area contributed by atoms with Gasteiger partial charge in [-0.1, -0.05) is 48.5 Å². The van der Waals surface area contributed by atoms with Crippen molar-refractivity contribution in [2.24, 2.45) is 0 Å². The number of aromatic nitrogens is 3. The van der Waals surface area contributed by atoms with Crippen LogP contribution in [0, 0.1) is 0 Å². The molecule has 3 heterocycles.